The van der Waals surface area contributed by atoms with E-state index in [0.29, 0.717) is 5.92 Å². The number of hydrogen-bond acceptors (Lipinski definition) is 3. The van der Waals surface area contributed by atoms with Crippen molar-refractivity contribution in [2.75, 3.05) is 59.4 Å². The van der Waals surface area contributed by atoms with Crippen molar-refractivity contribution >= 4 is 29.9 Å². The maximum atomic E-state index is 4.83. The van der Waals surface area contributed by atoms with Crippen molar-refractivity contribution in [3.8, 4) is 0 Å². The van der Waals surface area contributed by atoms with E-state index in [1.54, 1.807) is 0 Å². The zero-order valence-corrected chi connectivity index (χ0v) is 20.3. The minimum Gasteiger partial charge on any atom is -0.357 e. The van der Waals surface area contributed by atoms with Gasteiger partial charge < -0.3 is 20.4 Å². The first-order valence-corrected chi connectivity index (χ1v) is 11.1. The highest BCUT2D eigenvalue weighted by Crippen LogP contribution is 2.28. The summed E-state index contributed by atoms with van der Waals surface area (Å²) >= 11 is 0. The average molecular weight is 494 g/mol. The summed E-state index contributed by atoms with van der Waals surface area (Å²) in [5.74, 6) is 2.63. The number of aliphatic imine (C=N–C) groups is 1. The maximum absolute atomic E-state index is 4.83. The quantitative estimate of drug-likeness (QED) is 0.212. The molecule has 1 saturated heterocycles. The Kier molecular flexibility index (Phi) is 13.7. The second-order valence-corrected chi connectivity index (χ2v) is 8.50. The molecule has 1 atom stereocenters. The van der Waals surface area contributed by atoms with E-state index in [4.69, 9.17) is 4.99 Å². The predicted octanol–water partition coefficient (Wildman–Crippen LogP) is 3.40. The standard InChI is InChI=1S/C21H43N5.HI/c1-4-22-21(23-12-8-7-11-20-9-5-6-10-20)24-17-19(2)18-26-15-13-25(3)14-16-26;/h19-20H,4-18H2,1-3H3,(H2,22,23,24);1H. The lowest BCUT2D eigenvalue weighted by atomic mass is 10.0. The first kappa shape index (κ1) is 25.0. The fourth-order valence-electron chi connectivity index (χ4n) is 4.18. The molecule has 2 rings (SSSR count). The first-order chi connectivity index (χ1) is 12.7. The molecule has 1 aliphatic carbocycles. The normalized spacial score (nSPS) is 21.1. The van der Waals surface area contributed by atoms with Crippen LogP contribution < -0.4 is 10.6 Å². The monoisotopic (exact) mass is 493 g/mol. The summed E-state index contributed by atoms with van der Waals surface area (Å²) in [5, 5.41) is 6.93. The van der Waals surface area contributed by atoms with E-state index in [9.17, 15) is 0 Å². The highest BCUT2D eigenvalue weighted by Gasteiger charge is 2.16. The van der Waals surface area contributed by atoms with Gasteiger partial charge in [0.25, 0.3) is 0 Å². The number of piperazine rings is 1. The molecule has 160 valence electrons. The number of halogens is 1. The molecule has 2 aliphatic rings. The molecule has 0 bridgehead atoms. The van der Waals surface area contributed by atoms with Gasteiger partial charge in [-0.1, -0.05) is 45.4 Å². The second-order valence-electron chi connectivity index (χ2n) is 8.50. The summed E-state index contributed by atoms with van der Waals surface area (Å²) in [6.07, 6.45) is 9.93. The Hall–Kier alpha value is -0.0800. The Morgan fingerprint density at radius 3 is 2.44 bits per heavy atom. The lowest BCUT2D eigenvalue weighted by Gasteiger charge is -2.33. The van der Waals surface area contributed by atoms with Crippen LogP contribution in [0.5, 0.6) is 0 Å². The van der Waals surface area contributed by atoms with Gasteiger partial charge in [-0.2, -0.15) is 0 Å². The van der Waals surface area contributed by atoms with Crippen LogP contribution in [0.3, 0.4) is 0 Å². The summed E-state index contributed by atoms with van der Waals surface area (Å²) in [7, 11) is 2.22. The van der Waals surface area contributed by atoms with Crippen LogP contribution in [0.15, 0.2) is 4.99 Å². The fourth-order valence-corrected chi connectivity index (χ4v) is 4.18. The van der Waals surface area contributed by atoms with E-state index < -0.39 is 0 Å². The van der Waals surface area contributed by atoms with Crippen molar-refractivity contribution < 1.29 is 0 Å². The van der Waals surface area contributed by atoms with Crippen LogP contribution in [0.1, 0.15) is 58.8 Å². The van der Waals surface area contributed by atoms with Gasteiger partial charge in [0.2, 0.25) is 0 Å². The van der Waals surface area contributed by atoms with Crippen molar-refractivity contribution in [1.82, 2.24) is 20.4 Å². The van der Waals surface area contributed by atoms with Crippen LogP contribution in [0.25, 0.3) is 0 Å². The lowest BCUT2D eigenvalue weighted by Crippen LogP contribution is -2.46. The second kappa shape index (κ2) is 14.9. The third-order valence-electron chi connectivity index (χ3n) is 5.88. The zero-order valence-electron chi connectivity index (χ0n) is 18.0. The van der Waals surface area contributed by atoms with Crippen LogP contribution >= 0.6 is 24.0 Å². The molecule has 0 spiro atoms. The van der Waals surface area contributed by atoms with Crippen molar-refractivity contribution in [1.29, 1.82) is 0 Å². The molecule has 0 aromatic carbocycles. The predicted molar refractivity (Wildman–Crippen MR) is 128 cm³/mol. The van der Waals surface area contributed by atoms with Gasteiger partial charge in [0.15, 0.2) is 5.96 Å². The van der Waals surface area contributed by atoms with Gasteiger partial charge in [0, 0.05) is 52.4 Å². The van der Waals surface area contributed by atoms with E-state index in [1.165, 1.54) is 71.1 Å². The Morgan fingerprint density at radius 2 is 1.78 bits per heavy atom. The Morgan fingerprint density at radius 1 is 1.07 bits per heavy atom. The molecular weight excluding hydrogens is 449 g/mol. The lowest BCUT2D eigenvalue weighted by molar-refractivity contribution is 0.140. The Labute approximate surface area is 185 Å². The minimum absolute atomic E-state index is 0. The van der Waals surface area contributed by atoms with E-state index >= 15 is 0 Å². The molecule has 1 heterocycles. The zero-order chi connectivity index (χ0) is 18.6. The highest BCUT2D eigenvalue weighted by molar-refractivity contribution is 14.0. The molecule has 0 radical (unpaired) electrons. The van der Waals surface area contributed by atoms with Crippen LogP contribution in [0.4, 0.5) is 0 Å². The van der Waals surface area contributed by atoms with Crippen molar-refractivity contribution in [3.05, 3.63) is 0 Å². The van der Waals surface area contributed by atoms with Crippen molar-refractivity contribution in [2.24, 2.45) is 16.8 Å². The topological polar surface area (TPSA) is 42.9 Å². The third-order valence-corrected chi connectivity index (χ3v) is 5.88. The molecule has 0 aromatic rings. The molecule has 27 heavy (non-hydrogen) atoms. The van der Waals surface area contributed by atoms with Gasteiger partial charge in [-0.3, -0.25) is 4.99 Å². The molecule has 2 N–H and O–H groups in total. The summed E-state index contributed by atoms with van der Waals surface area (Å²) in [6, 6.07) is 0. The third kappa shape index (κ3) is 10.9. The Balaban J connectivity index is 0.00000364. The number of hydrogen-bond donors (Lipinski definition) is 2. The molecule has 1 aliphatic heterocycles. The maximum Gasteiger partial charge on any atom is 0.191 e. The number of rotatable bonds is 10. The van der Waals surface area contributed by atoms with E-state index in [-0.39, 0.29) is 24.0 Å². The van der Waals surface area contributed by atoms with Crippen LogP contribution in [0.2, 0.25) is 0 Å². The minimum atomic E-state index is 0. The van der Waals surface area contributed by atoms with Crippen LogP contribution in [0, 0.1) is 11.8 Å². The van der Waals surface area contributed by atoms with E-state index in [2.05, 4.69) is 41.3 Å². The number of likely N-dealkylation sites (N-methyl/N-ethyl adjacent to an activating group) is 1. The molecule has 6 heteroatoms. The largest absolute Gasteiger partial charge is 0.357 e. The van der Waals surface area contributed by atoms with E-state index in [1.807, 2.05) is 0 Å². The summed E-state index contributed by atoms with van der Waals surface area (Å²) in [5.41, 5.74) is 0. The summed E-state index contributed by atoms with van der Waals surface area (Å²) in [6.45, 7) is 13.3. The van der Waals surface area contributed by atoms with Gasteiger partial charge in [-0.05, 0) is 32.2 Å². The van der Waals surface area contributed by atoms with Crippen LogP contribution in [-0.4, -0.2) is 75.2 Å². The molecule has 1 saturated carbocycles. The van der Waals surface area contributed by atoms with Crippen molar-refractivity contribution in [2.45, 2.75) is 58.8 Å². The van der Waals surface area contributed by atoms with Gasteiger partial charge in [0.1, 0.15) is 0 Å². The molecule has 5 nitrogen and oxygen atoms in total. The summed E-state index contributed by atoms with van der Waals surface area (Å²) < 4.78 is 0. The Bertz CT molecular complexity index is 390. The van der Waals surface area contributed by atoms with Gasteiger partial charge in [-0.25, -0.2) is 0 Å². The van der Waals surface area contributed by atoms with Crippen LogP contribution in [-0.2, 0) is 0 Å². The van der Waals surface area contributed by atoms with Gasteiger partial charge in [0.05, 0.1) is 0 Å². The molecule has 0 amide bonds. The van der Waals surface area contributed by atoms with E-state index in [0.717, 1.165) is 38.1 Å². The fraction of sp³-hybridized carbons (Fsp3) is 0.952. The van der Waals surface area contributed by atoms with Gasteiger partial charge >= 0.3 is 0 Å². The number of unbranched alkanes of at least 4 members (excludes halogenated alkanes) is 1. The van der Waals surface area contributed by atoms with Crippen molar-refractivity contribution in [3.63, 3.8) is 0 Å². The SMILES string of the molecule is CCNC(=NCC(C)CN1CCN(C)CC1)NCCCCC1CCCC1.I. The molecular formula is C21H44IN5. The number of guanidine groups is 1. The molecule has 1 unspecified atom stereocenters. The molecule has 0 aromatic heterocycles. The highest BCUT2D eigenvalue weighted by atomic mass is 127. The summed E-state index contributed by atoms with van der Waals surface area (Å²) in [4.78, 5) is 9.83. The average Bonchev–Trinajstić information content (AvgIpc) is 3.15. The number of nitrogens with one attached hydrogen (secondary N) is 2. The number of nitrogens with zero attached hydrogens (tertiary/aromatic N) is 3. The smallest absolute Gasteiger partial charge is 0.191 e. The molecule has 2 fully saturated rings. The van der Waals surface area contributed by atoms with Gasteiger partial charge in [-0.15, -0.1) is 24.0 Å². The first-order valence-electron chi connectivity index (χ1n) is 11.1.